The molecule has 1 radical (unpaired) electrons. The molecule has 0 amide bonds. The van der Waals surface area contributed by atoms with E-state index in [-0.39, 0.29) is 24.2 Å². The van der Waals surface area contributed by atoms with Crippen molar-refractivity contribution in [1.82, 2.24) is 0 Å². The Hall–Kier alpha value is 0.314. The van der Waals surface area contributed by atoms with Crippen LogP contribution in [0, 0.1) is 6.08 Å². The Morgan fingerprint density at radius 2 is 1.92 bits per heavy atom. The van der Waals surface area contributed by atoms with Crippen molar-refractivity contribution in [2.24, 2.45) is 0 Å². The van der Waals surface area contributed by atoms with E-state index in [1.54, 1.807) is 0 Å². The maximum absolute atomic E-state index is 4.98. The average molecular weight is 225 g/mol. The summed E-state index contributed by atoms with van der Waals surface area (Å²) < 4.78 is 4.41. The van der Waals surface area contributed by atoms with Gasteiger partial charge in [0.05, 0.1) is 17.5 Å². The van der Waals surface area contributed by atoms with Crippen LogP contribution in [0.2, 0.25) is 0 Å². The first kappa shape index (κ1) is 14.8. The van der Waals surface area contributed by atoms with E-state index in [9.17, 15) is 0 Å². The molecule has 0 bridgehead atoms. The zero-order valence-corrected chi connectivity index (χ0v) is 9.83. The molecule has 12 heavy (non-hydrogen) atoms. The van der Waals surface area contributed by atoms with Crippen LogP contribution >= 0.6 is 11.9 Å². The molecule has 0 aliphatic heterocycles. The molecule has 0 N–H and O–H groups in total. The summed E-state index contributed by atoms with van der Waals surface area (Å²) >= 11 is 4.98. The van der Waals surface area contributed by atoms with Crippen molar-refractivity contribution < 1.29 is 22.8 Å². The first-order valence-corrected chi connectivity index (χ1v) is 3.88. The number of halogens is 1. The van der Waals surface area contributed by atoms with Gasteiger partial charge in [-0.25, -0.2) is 12.2 Å². The topological polar surface area (TPSA) is 9.23 Å². The van der Waals surface area contributed by atoms with E-state index in [1.165, 1.54) is 0 Å². The summed E-state index contributed by atoms with van der Waals surface area (Å²) in [5, 5.41) is 0. The predicted octanol–water partition coefficient (Wildman–Crippen LogP) is 3.26. The van der Waals surface area contributed by atoms with Gasteiger partial charge in [-0.3, -0.25) is 10.4 Å². The Balaban J connectivity index is 0. The van der Waals surface area contributed by atoms with E-state index in [2.05, 4.69) is 16.4 Å². The van der Waals surface area contributed by atoms with Gasteiger partial charge in [-0.2, -0.15) is 6.08 Å². The molecule has 0 saturated carbocycles. The summed E-state index contributed by atoms with van der Waals surface area (Å²) in [4.78, 5) is 0. The van der Waals surface area contributed by atoms with Crippen molar-refractivity contribution in [1.29, 1.82) is 0 Å². The average Bonchev–Trinajstić information content (AvgIpc) is 2.41. The molecule has 0 heterocycles. The van der Waals surface area contributed by atoms with Crippen LogP contribution in [-0.4, -0.2) is 5.60 Å². The fourth-order valence-electron chi connectivity index (χ4n) is 0.340. The molecule has 1 rings (SSSR count). The van der Waals surface area contributed by atoms with Gasteiger partial charge in [0.2, 0.25) is 0 Å². The molecule has 0 aromatic rings. The second-order valence-corrected chi connectivity index (χ2v) is 3.35. The van der Waals surface area contributed by atoms with Crippen molar-refractivity contribution in [3.05, 3.63) is 24.3 Å². The third-order valence-corrected chi connectivity index (χ3v) is 1.28. The standard InChI is InChI=1S/C5H5.C4H9ClO.V/c1-2-4-5-3-1;1-4(2,3)6-5;/h1-3H,4H2;1-3H3;/q-1;;+2. The minimum absolute atomic E-state index is 0. The van der Waals surface area contributed by atoms with Gasteiger partial charge in [0.15, 0.2) is 0 Å². The molecule has 0 atom stereocenters. The molecule has 0 fully saturated rings. The maximum atomic E-state index is 4.98. The zero-order valence-electron chi connectivity index (χ0n) is 7.67. The largest absolute Gasteiger partial charge is 2.00 e. The summed E-state index contributed by atoms with van der Waals surface area (Å²) in [6.45, 7) is 5.67. The minimum Gasteiger partial charge on any atom is -0.273 e. The van der Waals surface area contributed by atoms with Gasteiger partial charge in [0.25, 0.3) is 0 Å². The summed E-state index contributed by atoms with van der Waals surface area (Å²) in [7, 11) is 0. The summed E-state index contributed by atoms with van der Waals surface area (Å²) in [6.07, 6.45) is 10.0. The Labute approximate surface area is 91.9 Å². The van der Waals surface area contributed by atoms with Gasteiger partial charge in [0.1, 0.15) is 0 Å². The van der Waals surface area contributed by atoms with Gasteiger partial charge in [-0.05, 0) is 20.8 Å². The van der Waals surface area contributed by atoms with Gasteiger partial charge in [0, 0.05) is 0 Å². The van der Waals surface area contributed by atoms with Gasteiger partial charge >= 0.3 is 18.6 Å². The van der Waals surface area contributed by atoms with E-state index < -0.39 is 0 Å². The third-order valence-electron chi connectivity index (χ3n) is 0.817. The molecule has 0 unspecified atom stereocenters. The maximum Gasteiger partial charge on any atom is 2.00 e. The van der Waals surface area contributed by atoms with Crippen LogP contribution in [0.4, 0.5) is 0 Å². The summed E-state index contributed by atoms with van der Waals surface area (Å²) in [5.74, 6) is 0. The number of allylic oxidation sites excluding steroid dienone is 4. The molecule has 0 aromatic carbocycles. The van der Waals surface area contributed by atoms with Gasteiger partial charge < -0.3 is 0 Å². The van der Waals surface area contributed by atoms with Gasteiger partial charge in [-0.1, -0.05) is 0 Å². The monoisotopic (exact) mass is 224 g/mol. The zero-order chi connectivity index (χ0) is 8.74. The SMILES string of the molecule is CC(C)(C)OCl.[C-]1=CC=CC1.[V+2]. The van der Waals surface area contributed by atoms with Crippen LogP contribution in [0.5, 0.6) is 0 Å². The van der Waals surface area contributed by atoms with Crippen molar-refractivity contribution >= 4 is 11.9 Å². The Morgan fingerprint density at radius 3 is 2.00 bits per heavy atom. The van der Waals surface area contributed by atoms with E-state index in [0.717, 1.165) is 6.42 Å². The van der Waals surface area contributed by atoms with Crippen LogP contribution in [0.3, 0.4) is 0 Å². The van der Waals surface area contributed by atoms with Crippen LogP contribution < -0.4 is 0 Å². The second kappa shape index (κ2) is 7.94. The molecule has 0 spiro atoms. The number of hydrogen-bond acceptors (Lipinski definition) is 1. The predicted molar refractivity (Wildman–Crippen MR) is 48.3 cm³/mol. The molecule has 3 heteroatoms. The normalized spacial score (nSPS) is 13.3. The Kier molecular flexibility index (Phi) is 9.80. The molecular weight excluding hydrogens is 210 g/mol. The van der Waals surface area contributed by atoms with Crippen molar-refractivity contribution in [2.75, 3.05) is 0 Å². The number of rotatable bonds is 0. The molecule has 0 aromatic heterocycles. The summed E-state index contributed by atoms with van der Waals surface area (Å²) in [5.41, 5.74) is -0.193. The fourth-order valence-corrected chi connectivity index (χ4v) is 0.340. The molecular formula is C9H14ClOV+. The molecule has 1 aliphatic rings. The molecule has 1 nitrogen and oxygen atoms in total. The minimum atomic E-state index is -0.193. The fraction of sp³-hybridized carbons (Fsp3) is 0.556. The Bertz CT molecular complexity index is 137. The number of hydrogen-bond donors (Lipinski definition) is 0. The van der Waals surface area contributed by atoms with Crippen LogP contribution in [0.15, 0.2) is 18.2 Å². The van der Waals surface area contributed by atoms with Crippen molar-refractivity contribution in [3.8, 4) is 0 Å². The van der Waals surface area contributed by atoms with E-state index in [1.807, 2.05) is 32.9 Å². The van der Waals surface area contributed by atoms with Crippen LogP contribution in [-0.2, 0) is 22.8 Å². The van der Waals surface area contributed by atoms with Crippen LogP contribution in [0.1, 0.15) is 27.2 Å². The van der Waals surface area contributed by atoms with Crippen molar-refractivity contribution in [3.63, 3.8) is 0 Å². The third kappa shape index (κ3) is 12.9. The Morgan fingerprint density at radius 1 is 1.42 bits per heavy atom. The first-order valence-electron chi connectivity index (χ1n) is 3.58. The molecule has 67 valence electrons. The molecule has 1 aliphatic carbocycles. The smallest absolute Gasteiger partial charge is 0.273 e. The van der Waals surface area contributed by atoms with E-state index in [4.69, 9.17) is 11.9 Å². The quantitative estimate of drug-likeness (QED) is 0.574. The van der Waals surface area contributed by atoms with Crippen LogP contribution in [0.25, 0.3) is 0 Å². The van der Waals surface area contributed by atoms with Crippen molar-refractivity contribution in [2.45, 2.75) is 32.8 Å². The second-order valence-electron chi connectivity index (χ2n) is 3.19. The van der Waals surface area contributed by atoms with E-state index >= 15 is 0 Å². The van der Waals surface area contributed by atoms with E-state index in [0.29, 0.717) is 0 Å². The summed E-state index contributed by atoms with van der Waals surface area (Å²) in [6, 6.07) is 0. The van der Waals surface area contributed by atoms with Gasteiger partial charge in [-0.15, -0.1) is 6.42 Å². The molecule has 0 saturated heterocycles. The first-order chi connectivity index (χ1) is 5.06.